The molecule has 3 rings (SSSR count). The standard InChI is InChI=1S/C20H28FN3O2S/c1-13(2)23-12-18(19(22-23)20(4,5)6)27(25,26)24-14(3)7-8-15-11-16(21)9-10-17(15)24/h9-14H,7-8H2,1-6H3. The molecule has 1 atom stereocenters. The van der Waals surface area contributed by atoms with E-state index in [-0.39, 0.29) is 22.8 Å². The maximum absolute atomic E-state index is 13.7. The summed E-state index contributed by atoms with van der Waals surface area (Å²) in [7, 11) is -3.84. The Bertz CT molecular complexity index is 958. The number of benzene rings is 1. The molecule has 2 aromatic rings. The zero-order valence-corrected chi connectivity index (χ0v) is 17.6. The quantitative estimate of drug-likeness (QED) is 0.775. The molecule has 27 heavy (non-hydrogen) atoms. The van der Waals surface area contributed by atoms with Crippen LogP contribution in [0.4, 0.5) is 10.1 Å². The Morgan fingerprint density at radius 2 is 1.93 bits per heavy atom. The first-order valence-electron chi connectivity index (χ1n) is 9.35. The van der Waals surface area contributed by atoms with Crippen LogP contribution in [0.15, 0.2) is 29.3 Å². The predicted molar refractivity (Wildman–Crippen MR) is 105 cm³/mol. The maximum Gasteiger partial charge on any atom is 0.268 e. The van der Waals surface area contributed by atoms with Gasteiger partial charge in [0.05, 0.1) is 11.4 Å². The van der Waals surface area contributed by atoms with Crippen LogP contribution in [0.1, 0.15) is 65.3 Å². The Kier molecular flexibility index (Phi) is 4.87. The molecule has 0 spiro atoms. The SMILES string of the molecule is CC1CCc2cc(F)ccc2N1S(=O)(=O)c1cn(C(C)C)nc1C(C)(C)C. The largest absolute Gasteiger partial charge is 0.269 e. The summed E-state index contributed by atoms with van der Waals surface area (Å²) in [5.74, 6) is -0.344. The third-order valence-corrected chi connectivity index (χ3v) is 6.91. The molecular weight excluding hydrogens is 365 g/mol. The van der Waals surface area contributed by atoms with E-state index in [0.29, 0.717) is 24.2 Å². The number of aryl methyl sites for hydroxylation is 1. The van der Waals surface area contributed by atoms with E-state index in [4.69, 9.17) is 0 Å². The van der Waals surface area contributed by atoms with E-state index >= 15 is 0 Å². The Morgan fingerprint density at radius 3 is 2.52 bits per heavy atom. The van der Waals surface area contributed by atoms with Gasteiger partial charge in [0.15, 0.2) is 0 Å². The van der Waals surface area contributed by atoms with Gasteiger partial charge in [-0.3, -0.25) is 8.99 Å². The lowest BCUT2D eigenvalue weighted by atomic mass is 9.92. The number of hydrogen-bond donors (Lipinski definition) is 0. The molecule has 7 heteroatoms. The summed E-state index contributed by atoms with van der Waals surface area (Å²) < 4.78 is 44.3. The fraction of sp³-hybridized carbons (Fsp3) is 0.550. The van der Waals surface area contributed by atoms with Crippen molar-refractivity contribution in [3.8, 4) is 0 Å². The van der Waals surface area contributed by atoms with Crippen LogP contribution in [0.3, 0.4) is 0 Å². The molecule has 0 bridgehead atoms. The van der Waals surface area contributed by atoms with E-state index in [9.17, 15) is 12.8 Å². The van der Waals surface area contributed by atoms with Crippen molar-refractivity contribution in [2.75, 3.05) is 4.31 Å². The van der Waals surface area contributed by atoms with Crippen molar-refractivity contribution >= 4 is 15.7 Å². The van der Waals surface area contributed by atoms with Gasteiger partial charge in [0.2, 0.25) is 0 Å². The van der Waals surface area contributed by atoms with Gasteiger partial charge in [-0.05, 0) is 57.4 Å². The van der Waals surface area contributed by atoms with Crippen molar-refractivity contribution < 1.29 is 12.8 Å². The van der Waals surface area contributed by atoms with Crippen LogP contribution in [0, 0.1) is 5.82 Å². The monoisotopic (exact) mass is 393 g/mol. The molecule has 5 nitrogen and oxygen atoms in total. The Balaban J connectivity index is 2.21. The van der Waals surface area contributed by atoms with E-state index in [1.165, 1.54) is 16.4 Å². The molecular formula is C20H28FN3O2S. The van der Waals surface area contributed by atoms with E-state index in [1.807, 2.05) is 41.5 Å². The Labute approximate surface area is 161 Å². The fourth-order valence-corrected chi connectivity index (χ4v) is 5.57. The summed E-state index contributed by atoms with van der Waals surface area (Å²) in [6.45, 7) is 11.7. The van der Waals surface area contributed by atoms with Gasteiger partial charge in [0.1, 0.15) is 10.7 Å². The van der Waals surface area contributed by atoms with Gasteiger partial charge >= 0.3 is 0 Å². The molecule has 1 aliphatic rings. The van der Waals surface area contributed by atoms with Gasteiger partial charge in [0, 0.05) is 23.7 Å². The van der Waals surface area contributed by atoms with E-state index in [0.717, 1.165) is 5.56 Å². The summed E-state index contributed by atoms with van der Waals surface area (Å²) >= 11 is 0. The first kappa shape index (κ1) is 19.9. The van der Waals surface area contributed by atoms with Gasteiger partial charge in [0.25, 0.3) is 10.0 Å². The highest BCUT2D eigenvalue weighted by Gasteiger charge is 2.39. The van der Waals surface area contributed by atoms with Crippen LogP contribution < -0.4 is 4.31 Å². The summed E-state index contributed by atoms with van der Waals surface area (Å²) in [4.78, 5) is 0.229. The Hall–Kier alpha value is -1.89. The second-order valence-corrected chi connectivity index (χ2v) is 10.4. The van der Waals surface area contributed by atoms with Crippen LogP contribution in [0.5, 0.6) is 0 Å². The van der Waals surface area contributed by atoms with Crippen molar-refractivity contribution in [2.24, 2.45) is 0 Å². The third kappa shape index (κ3) is 3.49. The molecule has 0 saturated carbocycles. The summed E-state index contributed by atoms with van der Waals surface area (Å²) in [6, 6.07) is 4.17. The molecule has 1 aromatic heterocycles. The van der Waals surface area contributed by atoms with Crippen molar-refractivity contribution in [1.82, 2.24) is 9.78 Å². The third-order valence-electron chi connectivity index (χ3n) is 4.99. The van der Waals surface area contributed by atoms with Gasteiger partial charge < -0.3 is 0 Å². The number of halogens is 1. The number of nitrogens with zero attached hydrogens (tertiary/aromatic N) is 3. The predicted octanol–water partition coefficient (Wildman–Crippen LogP) is 4.43. The van der Waals surface area contributed by atoms with Crippen LogP contribution in [-0.2, 0) is 21.9 Å². The lowest BCUT2D eigenvalue weighted by Crippen LogP contribution is -2.42. The molecule has 0 fully saturated rings. The van der Waals surface area contributed by atoms with E-state index in [1.54, 1.807) is 16.9 Å². The van der Waals surface area contributed by atoms with Gasteiger partial charge in [-0.1, -0.05) is 20.8 Å². The number of hydrogen-bond acceptors (Lipinski definition) is 3. The van der Waals surface area contributed by atoms with Gasteiger partial charge in [-0.15, -0.1) is 0 Å². The first-order valence-corrected chi connectivity index (χ1v) is 10.8. The highest BCUT2D eigenvalue weighted by molar-refractivity contribution is 7.93. The summed E-state index contributed by atoms with van der Waals surface area (Å²) in [5.41, 5.74) is 1.42. The van der Waals surface area contributed by atoms with Crippen LogP contribution in [-0.4, -0.2) is 24.2 Å². The van der Waals surface area contributed by atoms with E-state index < -0.39 is 15.4 Å². The van der Waals surface area contributed by atoms with Crippen LogP contribution >= 0.6 is 0 Å². The van der Waals surface area contributed by atoms with Crippen molar-refractivity contribution in [3.63, 3.8) is 0 Å². The smallest absolute Gasteiger partial charge is 0.268 e. The molecule has 1 aromatic carbocycles. The average Bonchev–Trinajstić information content (AvgIpc) is 3.01. The molecule has 1 aliphatic heterocycles. The minimum atomic E-state index is -3.84. The zero-order chi connectivity index (χ0) is 20.1. The molecule has 1 unspecified atom stereocenters. The number of fused-ring (bicyclic) bond motifs is 1. The first-order chi connectivity index (χ1) is 12.4. The second-order valence-electron chi connectivity index (χ2n) is 8.63. The van der Waals surface area contributed by atoms with Crippen LogP contribution in [0.25, 0.3) is 0 Å². The Morgan fingerprint density at radius 1 is 1.26 bits per heavy atom. The number of aromatic nitrogens is 2. The molecule has 0 aliphatic carbocycles. The average molecular weight is 394 g/mol. The number of rotatable bonds is 3. The lowest BCUT2D eigenvalue weighted by molar-refractivity contribution is 0.493. The normalized spacial score (nSPS) is 18.1. The molecule has 0 N–H and O–H groups in total. The topological polar surface area (TPSA) is 55.2 Å². The number of anilines is 1. The summed E-state index contributed by atoms with van der Waals surface area (Å²) in [6.07, 6.45) is 2.95. The molecule has 2 heterocycles. The van der Waals surface area contributed by atoms with Crippen molar-refractivity contribution in [3.05, 3.63) is 41.5 Å². The van der Waals surface area contributed by atoms with Gasteiger partial charge in [-0.25, -0.2) is 12.8 Å². The minimum absolute atomic E-state index is 0.0511. The molecule has 0 radical (unpaired) electrons. The molecule has 148 valence electrons. The van der Waals surface area contributed by atoms with E-state index in [2.05, 4.69) is 5.10 Å². The molecule has 0 amide bonds. The summed E-state index contributed by atoms with van der Waals surface area (Å²) in [5, 5.41) is 4.59. The van der Waals surface area contributed by atoms with Crippen LogP contribution in [0.2, 0.25) is 0 Å². The van der Waals surface area contributed by atoms with Crippen molar-refractivity contribution in [1.29, 1.82) is 0 Å². The lowest BCUT2D eigenvalue weighted by Gasteiger charge is -2.36. The van der Waals surface area contributed by atoms with Crippen molar-refractivity contribution in [2.45, 2.75) is 76.8 Å². The highest BCUT2D eigenvalue weighted by Crippen LogP contribution is 2.38. The van der Waals surface area contributed by atoms with Gasteiger partial charge in [-0.2, -0.15) is 5.10 Å². The fourth-order valence-electron chi connectivity index (χ4n) is 3.51. The maximum atomic E-state index is 13.7. The second kappa shape index (κ2) is 6.62. The minimum Gasteiger partial charge on any atom is -0.269 e. The number of sulfonamides is 1. The zero-order valence-electron chi connectivity index (χ0n) is 16.8. The highest BCUT2D eigenvalue weighted by atomic mass is 32.2. The molecule has 0 saturated heterocycles.